The van der Waals surface area contributed by atoms with Gasteiger partial charge in [-0.1, -0.05) is 11.6 Å². The van der Waals surface area contributed by atoms with Crippen LogP contribution in [0.5, 0.6) is 0 Å². The fourth-order valence-corrected chi connectivity index (χ4v) is 2.43. The van der Waals surface area contributed by atoms with Gasteiger partial charge in [0.1, 0.15) is 0 Å². The third-order valence-corrected chi connectivity index (χ3v) is 3.53. The first-order valence-corrected chi connectivity index (χ1v) is 8.06. The van der Waals surface area contributed by atoms with Gasteiger partial charge in [-0.15, -0.1) is 0 Å². The summed E-state index contributed by atoms with van der Waals surface area (Å²) < 4.78 is 0.689. The minimum absolute atomic E-state index is 0.0176. The van der Waals surface area contributed by atoms with Crippen LogP contribution in [0, 0.1) is 0 Å². The number of nitrogens with zero attached hydrogens (tertiary/aromatic N) is 1. The zero-order valence-electron chi connectivity index (χ0n) is 12.6. The topological polar surface area (TPSA) is 71.1 Å². The van der Waals surface area contributed by atoms with Crippen molar-refractivity contribution in [1.82, 2.24) is 10.3 Å². The average Bonchev–Trinajstić information content (AvgIpc) is 2.46. The van der Waals surface area contributed by atoms with Crippen molar-refractivity contribution in [3.05, 3.63) is 57.3 Å². The SMILES string of the molecule is CC(C)NC(=O)c1ccc(Cl)cc1NC(=O)c1cncc(Br)c1. The molecule has 7 heteroatoms. The molecule has 23 heavy (non-hydrogen) atoms. The molecular formula is C16H15BrClN3O2. The van der Waals surface area contributed by atoms with Crippen molar-refractivity contribution in [3.63, 3.8) is 0 Å². The number of nitrogens with one attached hydrogen (secondary N) is 2. The van der Waals surface area contributed by atoms with Gasteiger partial charge in [-0.25, -0.2) is 0 Å². The van der Waals surface area contributed by atoms with Gasteiger partial charge in [0, 0.05) is 27.9 Å². The number of anilines is 1. The molecule has 2 aromatic rings. The van der Waals surface area contributed by atoms with Gasteiger partial charge in [-0.05, 0) is 54.0 Å². The number of amides is 2. The largest absolute Gasteiger partial charge is 0.350 e. The third kappa shape index (κ3) is 4.77. The Kier molecular flexibility index (Phi) is 5.74. The fourth-order valence-electron chi connectivity index (χ4n) is 1.89. The summed E-state index contributed by atoms with van der Waals surface area (Å²) in [6.07, 6.45) is 3.02. The normalized spacial score (nSPS) is 10.5. The maximum atomic E-state index is 12.3. The van der Waals surface area contributed by atoms with E-state index >= 15 is 0 Å². The smallest absolute Gasteiger partial charge is 0.257 e. The summed E-state index contributed by atoms with van der Waals surface area (Å²) in [6, 6.07) is 6.35. The molecule has 2 rings (SSSR count). The molecule has 0 saturated heterocycles. The number of benzene rings is 1. The van der Waals surface area contributed by atoms with Gasteiger partial charge in [0.2, 0.25) is 0 Å². The number of carbonyl (C=O) groups is 2. The highest BCUT2D eigenvalue weighted by Gasteiger charge is 2.16. The first-order chi connectivity index (χ1) is 10.9. The summed E-state index contributed by atoms with van der Waals surface area (Å²) in [5.74, 6) is -0.654. The van der Waals surface area contributed by atoms with Crippen LogP contribution in [0.2, 0.25) is 5.02 Å². The molecule has 0 aliphatic heterocycles. The Balaban J connectivity index is 2.29. The van der Waals surface area contributed by atoms with E-state index in [9.17, 15) is 9.59 Å². The van der Waals surface area contributed by atoms with E-state index in [1.165, 1.54) is 6.20 Å². The van der Waals surface area contributed by atoms with Crippen molar-refractivity contribution in [3.8, 4) is 0 Å². The predicted molar refractivity (Wildman–Crippen MR) is 93.9 cm³/mol. The van der Waals surface area contributed by atoms with E-state index in [1.807, 2.05) is 13.8 Å². The minimum atomic E-state index is -0.375. The molecule has 1 aromatic heterocycles. The standard InChI is InChI=1S/C16H15BrClN3O2/c1-9(2)20-16(23)13-4-3-12(18)6-14(13)21-15(22)10-5-11(17)8-19-7-10/h3-9H,1-2H3,(H,20,23)(H,21,22). The van der Waals surface area contributed by atoms with E-state index in [0.717, 1.165) is 0 Å². The average molecular weight is 397 g/mol. The summed E-state index contributed by atoms with van der Waals surface area (Å²) >= 11 is 9.24. The molecule has 0 spiro atoms. The molecule has 1 heterocycles. The van der Waals surface area contributed by atoms with E-state index in [2.05, 4.69) is 31.5 Å². The van der Waals surface area contributed by atoms with Crippen LogP contribution in [-0.2, 0) is 0 Å². The predicted octanol–water partition coefficient (Wildman–Crippen LogP) is 3.89. The van der Waals surface area contributed by atoms with Gasteiger partial charge in [0.15, 0.2) is 0 Å². The Morgan fingerprint density at radius 1 is 1.17 bits per heavy atom. The van der Waals surface area contributed by atoms with Crippen LogP contribution in [0.3, 0.4) is 0 Å². The lowest BCUT2D eigenvalue weighted by Crippen LogP contribution is -2.31. The Bertz CT molecular complexity index is 750. The molecule has 0 fully saturated rings. The summed E-state index contributed by atoms with van der Waals surface area (Å²) in [5, 5.41) is 5.92. The van der Waals surface area contributed by atoms with Crippen LogP contribution in [0.4, 0.5) is 5.69 Å². The number of hydrogen-bond donors (Lipinski definition) is 2. The Morgan fingerprint density at radius 2 is 1.91 bits per heavy atom. The molecule has 0 unspecified atom stereocenters. The van der Waals surface area contributed by atoms with Crippen molar-refractivity contribution in [2.75, 3.05) is 5.32 Å². The van der Waals surface area contributed by atoms with Gasteiger partial charge in [-0.2, -0.15) is 0 Å². The molecule has 5 nitrogen and oxygen atoms in total. The molecule has 120 valence electrons. The summed E-state index contributed by atoms with van der Waals surface area (Å²) in [7, 11) is 0. The van der Waals surface area contributed by atoms with Crippen molar-refractivity contribution >= 4 is 45.0 Å². The molecule has 2 N–H and O–H groups in total. The Morgan fingerprint density at radius 3 is 2.57 bits per heavy atom. The van der Waals surface area contributed by atoms with E-state index in [-0.39, 0.29) is 17.9 Å². The molecule has 0 aliphatic rings. The number of hydrogen-bond acceptors (Lipinski definition) is 3. The van der Waals surface area contributed by atoms with E-state index in [4.69, 9.17) is 11.6 Å². The first kappa shape index (κ1) is 17.4. The number of halogens is 2. The van der Waals surface area contributed by atoms with Gasteiger partial charge in [-0.3, -0.25) is 14.6 Å². The fraction of sp³-hybridized carbons (Fsp3) is 0.188. The quantitative estimate of drug-likeness (QED) is 0.823. The monoisotopic (exact) mass is 395 g/mol. The molecule has 0 aliphatic carbocycles. The molecule has 2 amide bonds. The highest BCUT2D eigenvalue weighted by Crippen LogP contribution is 2.22. The molecular weight excluding hydrogens is 382 g/mol. The second-order valence-corrected chi connectivity index (χ2v) is 6.52. The van der Waals surface area contributed by atoms with Crippen LogP contribution in [-0.4, -0.2) is 22.8 Å². The van der Waals surface area contributed by atoms with Crippen LogP contribution >= 0.6 is 27.5 Å². The second-order valence-electron chi connectivity index (χ2n) is 5.16. The van der Waals surface area contributed by atoms with Crippen molar-refractivity contribution in [1.29, 1.82) is 0 Å². The van der Waals surface area contributed by atoms with Gasteiger partial charge in [0.25, 0.3) is 11.8 Å². The summed E-state index contributed by atoms with van der Waals surface area (Å²) in [4.78, 5) is 28.5. The lowest BCUT2D eigenvalue weighted by atomic mass is 10.1. The number of pyridine rings is 1. The van der Waals surface area contributed by atoms with Crippen LogP contribution in [0.25, 0.3) is 0 Å². The van der Waals surface area contributed by atoms with E-state index in [1.54, 1.807) is 30.5 Å². The second kappa shape index (κ2) is 7.57. The first-order valence-electron chi connectivity index (χ1n) is 6.89. The molecule has 1 aromatic carbocycles. The number of rotatable bonds is 4. The molecule has 0 atom stereocenters. The van der Waals surface area contributed by atoms with Crippen molar-refractivity contribution < 1.29 is 9.59 Å². The number of aromatic nitrogens is 1. The van der Waals surface area contributed by atoms with E-state index < -0.39 is 0 Å². The summed E-state index contributed by atoms with van der Waals surface area (Å²) in [5.41, 5.74) is 1.06. The zero-order valence-corrected chi connectivity index (χ0v) is 14.9. The molecule has 0 bridgehead atoms. The third-order valence-electron chi connectivity index (χ3n) is 2.86. The maximum absolute atomic E-state index is 12.3. The van der Waals surface area contributed by atoms with Crippen LogP contribution < -0.4 is 10.6 Å². The highest BCUT2D eigenvalue weighted by atomic mass is 79.9. The van der Waals surface area contributed by atoms with Gasteiger partial charge < -0.3 is 10.6 Å². The van der Waals surface area contributed by atoms with Gasteiger partial charge in [0.05, 0.1) is 16.8 Å². The Hall–Kier alpha value is -1.92. The highest BCUT2D eigenvalue weighted by molar-refractivity contribution is 9.10. The van der Waals surface area contributed by atoms with Crippen molar-refractivity contribution in [2.24, 2.45) is 0 Å². The Labute approximate surface area is 147 Å². The minimum Gasteiger partial charge on any atom is -0.350 e. The zero-order chi connectivity index (χ0) is 17.0. The maximum Gasteiger partial charge on any atom is 0.257 e. The van der Waals surface area contributed by atoms with Gasteiger partial charge >= 0.3 is 0 Å². The summed E-state index contributed by atoms with van der Waals surface area (Å²) in [6.45, 7) is 3.72. The number of carbonyl (C=O) groups excluding carboxylic acids is 2. The lowest BCUT2D eigenvalue weighted by molar-refractivity contribution is 0.0944. The van der Waals surface area contributed by atoms with E-state index in [0.29, 0.717) is 26.3 Å². The van der Waals surface area contributed by atoms with Crippen molar-refractivity contribution in [2.45, 2.75) is 19.9 Å². The molecule has 0 radical (unpaired) electrons. The molecule has 0 saturated carbocycles. The van der Waals surface area contributed by atoms with Crippen LogP contribution in [0.1, 0.15) is 34.6 Å². The van der Waals surface area contributed by atoms with Crippen LogP contribution in [0.15, 0.2) is 41.1 Å². The lowest BCUT2D eigenvalue weighted by Gasteiger charge is -2.13.